The zero-order valence-corrected chi connectivity index (χ0v) is 11.5. The molecule has 0 aliphatic carbocycles. The summed E-state index contributed by atoms with van der Waals surface area (Å²) in [5, 5.41) is 12.0. The Morgan fingerprint density at radius 2 is 2.16 bits per heavy atom. The van der Waals surface area contributed by atoms with E-state index < -0.39 is 0 Å². The Morgan fingerprint density at radius 1 is 1.32 bits per heavy atom. The van der Waals surface area contributed by atoms with Gasteiger partial charge in [-0.15, -0.1) is 5.10 Å². The van der Waals surface area contributed by atoms with Crippen molar-refractivity contribution in [1.29, 1.82) is 0 Å². The summed E-state index contributed by atoms with van der Waals surface area (Å²) in [4.78, 5) is 2.37. The molecule has 0 bridgehead atoms. The first-order valence-corrected chi connectivity index (χ1v) is 6.88. The van der Waals surface area contributed by atoms with Crippen LogP contribution in [0.25, 0.3) is 0 Å². The summed E-state index contributed by atoms with van der Waals surface area (Å²) in [6.45, 7) is 7.12. The molecule has 2 heterocycles. The number of aryl methyl sites for hydroxylation is 1. The zero-order chi connectivity index (χ0) is 13.2. The van der Waals surface area contributed by atoms with Crippen molar-refractivity contribution in [2.24, 2.45) is 0 Å². The first kappa shape index (κ1) is 12.1. The number of tetrazole rings is 1. The summed E-state index contributed by atoms with van der Waals surface area (Å²) in [7, 11) is 0. The number of hydrogen-bond donors (Lipinski definition) is 0. The Bertz CT molecular complexity index is 562. The molecule has 0 saturated carbocycles. The fourth-order valence-electron chi connectivity index (χ4n) is 2.76. The zero-order valence-electron chi connectivity index (χ0n) is 11.5. The van der Waals surface area contributed by atoms with E-state index in [-0.39, 0.29) is 0 Å². The smallest absolute Gasteiger partial charge is 0.170 e. The molecule has 19 heavy (non-hydrogen) atoms. The fourth-order valence-corrected chi connectivity index (χ4v) is 2.76. The summed E-state index contributed by atoms with van der Waals surface area (Å²) < 4.78 is 1.91. The molecule has 0 fully saturated rings. The Kier molecular flexibility index (Phi) is 3.19. The molecule has 3 rings (SSSR count). The van der Waals surface area contributed by atoms with Crippen molar-refractivity contribution in [3.05, 3.63) is 35.7 Å². The molecule has 1 aromatic carbocycles. The molecule has 1 aromatic heterocycles. The topological polar surface area (TPSA) is 46.8 Å². The van der Waals surface area contributed by atoms with Crippen molar-refractivity contribution >= 4 is 5.69 Å². The number of aromatic nitrogens is 4. The highest BCUT2D eigenvalue weighted by atomic mass is 15.5. The third-order valence-electron chi connectivity index (χ3n) is 3.68. The Balaban J connectivity index is 1.83. The van der Waals surface area contributed by atoms with E-state index in [1.807, 2.05) is 4.68 Å². The number of fused-ring (bicyclic) bond motifs is 1. The second kappa shape index (κ2) is 4.99. The second-order valence-electron chi connectivity index (χ2n) is 5.16. The van der Waals surface area contributed by atoms with Crippen molar-refractivity contribution in [1.82, 2.24) is 20.2 Å². The van der Waals surface area contributed by atoms with Crippen LogP contribution in [0.4, 0.5) is 5.69 Å². The molecule has 0 spiro atoms. The second-order valence-corrected chi connectivity index (χ2v) is 5.16. The first-order chi connectivity index (χ1) is 9.29. The minimum absolute atomic E-state index is 0.576. The van der Waals surface area contributed by atoms with E-state index in [4.69, 9.17) is 0 Å². The quantitative estimate of drug-likeness (QED) is 0.842. The maximum Gasteiger partial charge on any atom is 0.170 e. The van der Waals surface area contributed by atoms with Crippen LogP contribution < -0.4 is 4.90 Å². The van der Waals surface area contributed by atoms with Gasteiger partial charge in [0.1, 0.15) is 0 Å². The summed E-state index contributed by atoms with van der Waals surface area (Å²) >= 11 is 0. The van der Waals surface area contributed by atoms with Crippen LogP contribution in [0.15, 0.2) is 24.3 Å². The van der Waals surface area contributed by atoms with Gasteiger partial charge in [-0.1, -0.05) is 32.0 Å². The lowest BCUT2D eigenvalue weighted by Gasteiger charge is -2.18. The van der Waals surface area contributed by atoms with Gasteiger partial charge >= 0.3 is 0 Å². The predicted molar refractivity (Wildman–Crippen MR) is 74.0 cm³/mol. The van der Waals surface area contributed by atoms with Crippen LogP contribution in [0.1, 0.15) is 37.6 Å². The minimum Gasteiger partial charge on any atom is -0.363 e. The molecule has 1 unspecified atom stereocenters. The Labute approximate surface area is 113 Å². The monoisotopic (exact) mass is 257 g/mol. The van der Waals surface area contributed by atoms with E-state index in [0.717, 1.165) is 31.9 Å². The normalized spacial score (nSPS) is 17.8. The SMILES string of the molecule is CCCn1nnnc1CN1CC(C)c2ccccc21. The van der Waals surface area contributed by atoms with Gasteiger partial charge in [0.25, 0.3) is 0 Å². The van der Waals surface area contributed by atoms with E-state index >= 15 is 0 Å². The van der Waals surface area contributed by atoms with Crippen LogP contribution in [-0.2, 0) is 13.1 Å². The van der Waals surface area contributed by atoms with Crippen molar-refractivity contribution in [2.45, 2.75) is 39.3 Å². The average molecular weight is 257 g/mol. The number of para-hydroxylation sites is 1. The number of benzene rings is 1. The summed E-state index contributed by atoms with van der Waals surface area (Å²) in [6.07, 6.45) is 1.05. The third kappa shape index (κ3) is 2.20. The van der Waals surface area contributed by atoms with Crippen LogP contribution in [0.3, 0.4) is 0 Å². The standard InChI is InChI=1S/C14H19N5/c1-3-8-19-14(15-16-17-19)10-18-9-11(2)12-6-4-5-7-13(12)18/h4-7,11H,3,8-10H2,1-2H3. The largest absolute Gasteiger partial charge is 0.363 e. The van der Waals surface area contributed by atoms with Crippen LogP contribution in [0, 0.1) is 0 Å². The van der Waals surface area contributed by atoms with Crippen LogP contribution in [0.5, 0.6) is 0 Å². The molecule has 0 saturated heterocycles. The molecule has 0 radical (unpaired) electrons. The van der Waals surface area contributed by atoms with Gasteiger partial charge < -0.3 is 4.90 Å². The van der Waals surface area contributed by atoms with Gasteiger partial charge in [-0.25, -0.2) is 4.68 Å². The highest BCUT2D eigenvalue weighted by Gasteiger charge is 2.26. The molecule has 5 nitrogen and oxygen atoms in total. The first-order valence-electron chi connectivity index (χ1n) is 6.88. The van der Waals surface area contributed by atoms with E-state index in [1.165, 1.54) is 11.3 Å². The van der Waals surface area contributed by atoms with Crippen LogP contribution >= 0.6 is 0 Å². The summed E-state index contributed by atoms with van der Waals surface area (Å²) in [5.74, 6) is 1.53. The van der Waals surface area contributed by atoms with Gasteiger partial charge in [-0.05, 0) is 28.5 Å². The van der Waals surface area contributed by atoms with Gasteiger partial charge in [0.15, 0.2) is 5.82 Å². The lowest BCUT2D eigenvalue weighted by atomic mass is 10.0. The van der Waals surface area contributed by atoms with Crippen molar-refractivity contribution in [3.8, 4) is 0 Å². The molecule has 2 aromatic rings. The van der Waals surface area contributed by atoms with Crippen molar-refractivity contribution in [2.75, 3.05) is 11.4 Å². The van der Waals surface area contributed by atoms with Gasteiger partial charge in [-0.3, -0.25) is 0 Å². The lowest BCUT2D eigenvalue weighted by Crippen LogP contribution is -2.23. The molecule has 5 heteroatoms. The molecule has 0 amide bonds. The average Bonchev–Trinajstić information content (AvgIpc) is 2.98. The minimum atomic E-state index is 0.576. The Morgan fingerprint density at radius 3 is 3.00 bits per heavy atom. The maximum atomic E-state index is 4.16. The van der Waals surface area contributed by atoms with E-state index in [9.17, 15) is 0 Å². The molecular formula is C14H19N5. The predicted octanol–water partition coefficient (Wildman–Crippen LogP) is 2.21. The van der Waals surface area contributed by atoms with Gasteiger partial charge in [0.05, 0.1) is 6.54 Å². The highest BCUT2D eigenvalue weighted by Crippen LogP contribution is 2.36. The van der Waals surface area contributed by atoms with Gasteiger partial charge in [0.2, 0.25) is 0 Å². The number of nitrogens with zero attached hydrogens (tertiary/aromatic N) is 5. The fraction of sp³-hybridized carbons (Fsp3) is 0.500. The highest BCUT2D eigenvalue weighted by molar-refractivity contribution is 5.59. The van der Waals surface area contributed by atoms with Gasteiger partial charge in [0, 0.05) is 24.7 Å². The summed E-state index contributed by atoms with van der Waals surface area (Å²) in [5.41, 5.74) is 2.75. The van der Waals surface area contributed by atoms with Gasteiger partial charge in [-0.2, -0.15) is 0 Å². The van der Waals surface area contributed by atoms with Crippen molar-refractivity contribution < 1.29 is 0 Å². The van der Waals surface area contributed by atoms with Crippen molar-refractivity contribution in [3.63, 3.8) is 0 Å². The lowest BCUT2D eigenvalue weighted by molar-refractivity contribution is 0.549. The molecule has 1 aliphatic rings. The van der Waals surface area contributed by atoms with E-state index in [2.05, 4.69) is 58.5 Å². The molecule has 1 aliphatic heterocycles. The van der Waals surface area contributed by atoms with Crippen LogP contribution in [-0.4, -0.2) is 26.8 Å². The molecule has 0 N–H and O–H groups in total. The molecule has 100 valence electrons. The van der Waals surface area contributed by atoms with Crippen LogP contribution in [0.2, 0.25) is 0 Å². The van der Waals surface area contributed by atoms with E-state index in [0.29, 0.717) is 5.92 Å². The summed E-state index contributed by atoms with van der Waals surface area (Å²) in [6, 6.07) is 8.61. The number of anilines is 1. The Hall–Kier alpha value is -1.91. The molecular weight excluding hydrogens is 238 g/mol. The third-order valence-corrected chi connectivity index (χ3v) is 3.68. The molecule has 1 atom stereocenters. The number of rotatable bonds is 4. The maximum absolute atomic E-state index is 4.16. The number of hydrogen-bond acceptors (Lipinski definition) is 4. The van der Waals surface area contributed by atoms with E-state index in [1.54, 1.807) is 0 Å².